The van der Waals surface area contributed by atoms with Crippen molar-refractivity contribution in [2.45, 2.75) is 13.1 Å². The summed E-state index contributed by atoms with van der Waals surface area (Å²) in [4.78, 5) is 24.2. The van der Waals surface area contributed by atoms with E-state index in [2.05, 4.69) is 10.6 Å². The van der Waals surface area contributed by atoms with E-state index < -0.39 is 29.2 Å². The topological polar surface area (TPSA) is 71.3 Å². The Balaban J connectivity index is 1.85. The molecule has 2 amide bonds. The standard InChI is InChI=1S/C20H15F3N2O3/c1-12-4-6-13(7-5-12)18(26)25-16-9-8-14(11-15(16)20(21,22)23)24-19(27)17-3-2-10-28-17/h2-11H,1H3,(H,24,27)(H,25,26). The van der Waals surface area contributed by atoms with E-state index in [-0.39, 0.29) is 17.0 Å². The van der Waals surface area contributed by atoms with Crippen LogP contribution in [0.3, 0.4) is 0 Å². The van der Waals surface area contributed by atoms with Crippen LogP contribution in [0.5, 0.6) is 0 Å². The van der Waals surface area contributed by atoms with Gasteiger partial charge < -0.3 is 15.1 Å². The van der Waals surface area contributed by atoms with Crippen molar-refractivity contribution in [2.24, 2.45) is 0 Å². The summed E-state index contributed by atoms with van der Waals surface area (Å²) in [6.45, 7) is 1.83. The normalized spacial score (nSPS) is 11.1. The molecule has 5 nitrogen and oxygen atoms in total. The molecule has 1 aromatic heterocycles. The van der Waals surface area contributed by atoms with Crippen molar-refractivity contribution < 1.29 is 27.2 Å². The van der Waals surface area contributed by atoms with E-state index in [9.17, 15) is 22.8 Å². The number of halogens is 3. The van der Waals surface area contributed by atoms with E-state index in [1.54, 1.807) is 12.1 Å². The predicted molar refractivity (Wildman–Crippen MR) is 97.2 cm³/mol. The van der Waals surface area contributed by atoms with Crippen LogP contribution in [0.2, 0.25) is 0 Å². The molecule has 2 aromatic carbocycles. The molecule has 28 heavy (non-hydrogen) atoms. The quantitative estimate of drug-likeness (QED) is 0.652. The van der Waals surface area contributed by atoms with Crippen LogP contribution in [0.25, 0.3) is 0 Å². The fourth-order valence-corrected chi connectivity index (χ4v) is 2.47. The van der Waals surface area contributed by atoms with Gasteiger partial charge in [-0.2, -0.15) is 13.2 Å². The molecule has 3 aromatic rings. The van der Waals surface area contributed by atoms with Gasteiger partial charge in [-0.15, -0.1) is 0 Å². The average molecular weight is 388 g/mol. The molecule has 8 heteroatoms. The van der Waals surface area contributed by atoms with Gasteiger partial charge in [0.1, 0.15) is 0 Å². The van der Waals surface area contributed by atoms with Gasteiger partial charge in [0, 0.05) is 11.3 Å². The third-order valence-electron chi connectivity index (χ3n) is 3.89. The molecule has 0 saturated heterocycles. The van der Waals surface area contributed by atoms with Gasteiger partial charge >= 0.3 is 6.18 Å². The number of alkyl halides is 3. The maximum absolute atomic E-state index is 13.5. The first-order valence-corrected chi connectivity index (χ1v) is 8.18. The van der Waals surface area contributed by atoms with Crippen molar-refractivity contribution in [3.05, 3.63) is 83.3 Å². The number of furan rings is 1. The van der Waals surface area contributed by atoms with Crippen LogP contribution in [0.1, 0.15) is 32.0 Å². The largest absolute Gasteiger partial charge is 0.459 e. The number of benzene rings is 2. The second-order valence-corrected chi connectivity index (χ2v) is 6.01. The van der Waals surface area contributed by atoms with E-state index in [1.165, 1.54) is 36.6 Å². The van der Waals surface area contributed by atoms with Crippen LogP contribution in [0, 0.1) is 6.92 Å². The lowest BCUT2D eigenvalue weighted by Gasteiger charge is -2.16. The Morgan fingerprint density at radius 1 is 0.929 bits per heavy atom. The predicted octanol–water partition coefficient (Wildman–Crippen LogP) is 5.11. The Morgan fingerprint density at radius 2 is 1.64 bits per heavy atom. The van der Waals surface area contributed by atoms with Gasteiger partial charge in [-0.1, -0.05) is 17.7 Å². The molecule has 0 fully saturated rings. The van der Waals surface area contributed by atoms with Crippen molar-refractivity contribution in [2.75, 3.05) is 10.6 Å². The number of hydrogen-bond acceptors (Lipinski definition) is 3. The van der Waals surface area contributed by atoms with Crippen LogP contribution in [-0.2, 0) is 6.18 Å². The molecule has 144 valence electrons. The van der Waals surface area contributed by atoms with Gasteiger partial charge in [0.05, 0.1) is 17.5 Å². The third-order valence-corrected chi connectivity index (χ3v) is 3.89. The summed E-state index contributed by atoms with van der Waals surface area (Å²) in [5.74, 6) is -1.39. The minimum absolute atomic E-state index is 0.0368. The minimum atomic E-state index is -4.73. The third kappa shape index (κ3) is 4.40. The van der Waals surface area contributed by atoms with E-state index in [1.807, 2.05) is 6.92 Å². The van der Waals surface area contributed by atoms with E-state index in [0.29, 0.717) is 0 Å². The summed E-state index contributed by atoms with van der Waals surface area (Å²) in [7, 11) is 0. The van der Waals surface area contributed by atoms with E-state index >= 15 is 0 Å². The Kier molecular flexibility index (Phi) is 5.21. The van der Waals surface area contributed by atoms with E-state index in [0.717, 1.165) is 17.7 Å². The van der Waals surface area contributed by atoms with E-state index in [4.69, 9.17) is 4.42 Å². The summed E-state index contributed by atoms with van der Waals surface area (Å²) in [5.41, 5.74) is -0.417. The van der Waals surface area contributed by atoms with Crippen LogP contribution in [0.15, 0.2) is 65.3 Å². The van der Waals surface area contributed by atoms with Gasteiger partial charge in [-0.3, -0.25) is 9.59 Å². The molecule has 0 aliphatic rings. The highest BCUT2D eigenvalue weighted by Gasteiger charge is 2.34. The number of carbonyl (C=O) groups is 2. The summed E-state index contributed by atoms with van der Waals surface area (Å²) < 4.78 is 45.3. The second kappa shape index (κ2) is 7.59. The molecule has 0 atom stereocenters. The molecule has 3 rings (SSSR count). The van der Waals surface area contributed by atoms with Crippen molar-refractivity contribution in [1.82, 2.24) is 0 Å². The average Bonchev–Trinajstić information content (AvgIpc) is 3.17. The van der Waals surface area contributed by atoms with Crippen molar-refractivity contribution in [3.8, 4) is 0 Å². The molecular formula is C20H15F3N2O3. The fraction of sp³-hybridized carbons (Fsp3) is 0.100. The molecule has 0 aliphatic heterocycles. The Labute approximate surface area is 158 Å². The maximum atomic E-state index is 13.5. The van der Waals surface area contributed by atoms with Gasteiger partial charge in [0.15, 0.2) is 5.76 Å². The molecule has 2 N–H and O–H groups in total. The van der Waals surface area contributed by atoms with Crippen LogP contribution < -0.4 is 10.6 Å². The summed E-state index contributed by atoms with van der Waals surface area (Å²) in [6.07, 6.45) is -3.46. The van der Waals surface area contributed by atoms with Crippen LogP contribution in [-0.4, -0.2) is 11.8 Å². The van der Waals surface area contributed by atoms with Gasteiger partial charge in [-0.25, -0.2) is 0 Å². The van der Waals surface area contributed by atoms with Crippen molar-refractivity contribution in [1.29, 1.82) is 0 Å². The fourth-order valence-electron chi connectivity index (χ4n) is 2.47. The molecule has 0 aliphatic carbocycles. The SMILES string of the molecule is Cc1ccc(C(=O)Nc2ccc(NC(=O)c3ccco3)cc2C(F)(F)F)cc1. The molecule has 0 bridgehead atoms. The number of aryl methyl sites for hydroxylation is 1. The smallest absolute Gasteiger partial charge is 0.418 e. The van der Waals surface area contributed by atoms with Crippen LogP contribution >= 0.6 is 0 Å². The first-order valence-electron chi connectivity index (χ1n) is 8.18. The molecular weight excluding hydrogens is 373 g/mol. The number of amides is 2. The zero-order valence-corrected chi connectivity index (χ0v) is 14.6. The van der Waals surface area contributed by atoms with Gasteiger partial charge in [0.25, 0.3) is 11.8 Å². The molecule has 0 spiro atoms. The van der Waals surface area contributed by atoms with Crippen molar-refractivity contribution in [3.63, 3.8) is 0 Å². The monoisotopic (exact) mass is 388 g/mol. The molecule has 0 radical (unpaired) electrons. The molecule has 1 heterocycles. The van der Waals surface area contributed by atoms with Gasteiger partial charge in [0.2, 0.25) is 0 Å². The molecule has 0 saturated carbocycles. The van der Waals surface area contributed by atoms with Gasteiger partial charge in [-0.05, 0) is 49.4 Å². The number of anilines is 2. The van der Waals surface area contributed by atoms with Crippen molar-refractivity contribution >= 4 is 23.2 Å². The summed E-state index contributed by atoms with van der Waals surface area (Å²) in [6, 6.07) is 12.4. The highest BCUT2D eigenvalue weighted by atomic mass is 19.4. The Bertz CT molecular complexity index is 995. The summed E-state index contributed by atoms with van der Waals surface area (Å²) >= 11 is 0. The molecule has 0 unspecified atom stereocenters. The number of hydrogen-bond donors (Lipinski definition) is 2. The number of nitrogens with one attached hydrogen (secondary N) is 2. The Morgan fingerprint density at radius 3 is 2.25 bits per heavy atom. The zero-order valence-electron chi connectivity index (χ0n) is 14.6. The minimum Gasteiger partial charge on any atom is -0.459 e. The highest BCUT2D eigenvalue weighted by molar-refractivity contribution is 6.05. The zero-order chi connectivity index (χ0) is 20.3. The lowest BCUT2D eigenvalue weighted by atomic mass is 10.1. The lowest BCUT2D eigenvalue weighted by Crippen LogP contribution is -2.18. The first-order chi connectivity index (χ1) is 13.2. The lowest BCUT2D eigenvalue weighted by molar-refractivity contribution is -0.136. The maximum Gasteiger partial charge on any atom is 0.418 e. The first kappa shape index (κ1) is 19.2. The van der Waals surface area contributed by atoms with Crippen LogP contribution in [0.4, 0.5) is 24.5 Å². The number of carbonyl (C=O) groups excluding carboxylic acids is 2. The second-order valence-electron chi connectivity index (χ2n) is 6.01. The number of rotatable bonds is 4. The highest BCUT2D eigenvalue weighted by Crippen LogP contribution is 2.37. The summed E-state index contributed by atoms with van der Waals surface area (Å²) in [5, 5.41) is 4.60. The Hall–Kier alpha value is -3.55.